The zero-order valence-electron chi connectivity index (χ0n) is 12.3. The molecule has 0 saturated heterocycles. The number of para-hydroxylation sites is 1. The number of hydrogen-bond donors (Lipinski definition) is 0. The Kier molecular flexibility index (Phi) is 4.57. The lowest BCUT2D eigenvalue weighted by Crippen LogP contribution is -2.09. The number of Topliss-reactive ketones (excluding diaryl/α,β-unsaturated/α-hetero) is 1. The molecule has 0 radical (unpaired) electrons. The second kappa shape index (κ2) is 6.38. The highest BCUT2D eigenvalue weighted by Gasteiger charge is 2.11. The summed E-state index contributed by atoms with van der Waals surface area (Å²) < 4.78 is 5.57. The molecule has 0 fully saturated rings. The Morgan fingerprint density at radius 3 is 2.35 bits per heavy atom. The van der Waals surface area contributed by atoms with Crippen molar-refractivity contribution >= 4 is 5.78 Å². The number of hydrogen-bond acceptors (Lipinski definition) is 2. The summed E-state index contributed by atoms with van der Waals surface area (Å²) in [6.45, 7) is 6.54. The summed E-state index contributed by atoms with van der Waals surface area (Å²) in [5.74, 6) is 0.943. The summed E-state index contributed by atoms with van der Waals surface area (Å²) in [7, 11) is 0. The fraction of sp³-hybridized carbons (Fsp3) is 0.278. The maximum absolute atomic E-state index is 12.2. The Morgan fingerprint density at radius 2 is 1.65 bits per heavy atom. The Hall–Kier alpha value is -2.09. The summed E-state index contributed by atoms with van der Waals surface area (Å²) in [6.07, 6.45) is 0.401. The first kappa shape index (κ1) is 14.3. The minimum absolute atomic E-state index is 0.140. The molecular formula is C18H20O2. The maximum atomic E-state index is 12.2. The van der Waals surface area contributed by atoms with Crippen LogP contribution in [0, 0.1) is 20.8 Å². The molecule has 0 bridgehead atoms. The minimum atomic E-state index is 0.140. The van der Waals surface area contributed by atoms with Gasteiger partial charge in [-0.3, -0.25) is 4.79 Å². The van der Waals surface area contributed by atoms with Crippen molar-refractivity contribution in [3.63, 3.8) is 0 Å². The van der Waals surface area contributed by atoms with Gasteiger partial charge in [0.2, 0.25) is 0 Å². The predicted molar refractivity (Wildman–Crippen MR) is 81.5 cm³/mol. The molecule has 0 saturated carbocycles. The molecule has 2 aromatic carbocycles. The second-order valence-corrected chi connectivity index (χ2v) is 5.01. The van der Waals surface area contributed by atoms with Gasteiger partial charge in [-0.1, -0.05) is 30.3 Å². The number of carbonyl (C=O) groups excluding carboxylic acids is 1. The molecule has 0 N–H and O–H groups in total. The smallest absolute Gasteiger partial charge is 0.166 e. The van der Waals surface area contributed by atoms with Gasteiger partial charge in [0.05, 0.1) is 6.61 Å². The van der Waals surface area contributed by atoms with Crippen molar-refractivity contribution in [2.45, 2.75) is 27.2 Å². The molecule has 2 rings (SSSR count). The van der Waals surface area contributed by atoms with Gasteiger partial charge in [-0.25, -0.2) is 0 Å². The summed E-state index contributed by atoms with van der Waals surface area (Å²) in [5.41, 5.74) is 4.30. The molecule has 20 heavy (non-hydrogen) atoms. The molecule has 0 spiro atoms. The van der Waals surface area contributed by atoms with E-state index in [-0.39, 0.29) is 5.78 Å². The van der Waals surface area contributed by atoms with Gasteiger partial charge in [0.1, 0.15) is 5.75 Å². The fourth-order valence-electron chi connectivity index (χ4n) is 2.17. The number of carbonyl (C=O) groups is 1. The first-order chi connectivity index (χ1) is 9.59. The van der Waals surface area contributed by atoms with Gasteiger partial charge in [-0.2, -0.15) is 0 Å². The monoisotopic (exact) mass is 268 g/mol. The molecule has 0 aromatic heterocycles. The number of ketones is 1. The van der Waals surface area contributed by atoms with E-state index in [2.05, 4.69) is 13.8 Å². The largest absolute Gasteiger partial charge is 0.493 e. The summed E-state index contributed by atoms with van der Waals surface area (Å²) in [6, 6.07) is 13.5. The molecule has 104 valence electrons. The molecule has 2 nitrogen and oxygen atoms in total. The lowest BCUT2D eigenvalue weighted by molar-refractivity contribution is 0.0961. The van der Waals surface area contributed by atoms with Gasteiger partial charge >= 0.3 is 0 Å². The zero-order valence-corrected chi connectivity index (χ0v) is 12.3. The van der Waals surface area contributed by atoms with Gasteiger partial charge in [-0.05, 0) is 49.6 Å². The normalized spacial score (nSPS) is 10.3. The molecular weight excluding hydrogens is 248 g/mol. The lowest BCUT2D eigenvalue weighted by Gasteiger charge is -2.11. The highest BCUT2D eigenvalue weighted by atomic mass is 16.5. The number of benzene rings is 2. The first-order valence-electron chi connectivity index (χ1n) is 6.87. The highest BCUT2D eigenvalue weighted by molar-refractivity contribution is 5.97. The van der Waals surface area contributed by atoms with Crippen LogP contribution in [-0.4, -0.2) is 12.4 Å². The van der Waals surface area contributed by atoms with E-state index in [4.69, 9.17) is 4.74 Å². The van der Waals surface area contributed by atoms with Crippen molar-refractivity contribution in [1.29, 1.82) is 0 Å². The molecule has 0 aliphatic rings. The first-order valence-corrected chi connectivity index (χ1v) is 6.87. The van der Waals surface area contributed by atoms with E-state index >= 15 is 0 Å². The predicted octanol–water partition coefficient (Wildman–Crippen LogP) is 4.26. The van der Waals surface area contributed by atoms with Crippen molar-refractivity contribution < 1.29 is 9.53 Å². The van der Waals surface area contributed by atoms with Crippen LogP contribution < -0.4 is 4.74 Å². The van der Waals surface area contributed by atoms with Crippen LogP contribution in [0.15, 0.2) is 42.5 Å². The Morgan fingerprint density at radius 1 is 0.950 bits per heavy atom. The van der Waals surface area contributed by atoms with Crippen LogP contribution in [0.3, 0.4) is 0 Å². The number of rotatable bonds is 5. The minimum Gasteiger partial charge on any atom is -0.493 e. The zero-order chi connectivity index (χ0) is 14.5. The molecule has 0 heterocycles. The van der Waals surface area contributed by atoms with Crippen LogP contribution in [0.1, 0.15) is 33.5 Å². The van der Waals surface area contributed by atoms with Crippen molar-refractivity contribution in [2.24, 2.45) is 0 Å². The van der Waals surface area contributed by atoms with E-state index in [1.807, 2.05) is 49.4 Å². The van der Waals surface area contributed by atoms with E-state index < -0.39 is 0 Å². The molecule has 0 amide bonds. The average Bonchev–Trinajstić information content (AvgIpc) is 2.46. The van der Waals surface area contributed by atoms with Gasteiger partial charge in [0.25, 0.3) is 0 Å². The second-order valence-electron chi connectivity index (χ2n) is 5.01. The van der Waals surface area contributed by atoms with Crippen LogP contribution in [0.2, 0.25) is 0 Å². The summed E-state index contributed by atoms with van der Waals surface area (Å²) >= 11 is 0. The molecule has 2 heteroatoms. The van der Waals surface area contributed by atoms with Crippen LogP contribution in [0.25, 0.3) is 0 Å². The standard InChI is InChI=1S/C18H20O2/c1-13-9-10-17(15(3)14(13)2)18(19)11-12-20-16-7-5-4-6-8-16/h4-10H,11-12H2,1-3H3. The van der Waals surface area contributed by atoms with Crippen molar-refractivity contribution in [1.82, 2.24) is 0 Å². The Labute approximate surface area is 120 Å². The molecule has 2 aromatic rings. The molecule has 0 aliphatic carbocycles. The van der Waals surface area contributed by atoms with E-state index in [0.717, 1.165) is 16.9 Å². The fourth-order valence-corrected chi connectivity index (χ4v) is 2.17. The Balaban J connectivity index is 1.97. The Bertz CT molecular complexity index is 600. The summed E-state index contributed by atoms with van der Waals surface area (Å²) in [5, 5.41) is 0. The molecule has 0 unspecified atom stereocenters. The lowest BCUT2D eigenvalue weighted by atomic mass is 9.95. The molecule has 0 aliphatic heterocycles. The number of aryl methyl sites for hydroxylation is 1. The summed E-state index contributed by atoms with van der Waals surface area (Å²) in [4.78, 5) is 12.2. The SMILES string of the molecule is Cc1ccc(C(=O)CCOc2ccccc2)c(C)c1C. The third-order valence-electron chi connectivity index (χ3n) is 3.70. The van der Waals surface area contributed by atoms with Crippen molar-refractivity contribution in [2.75, 3.05) is 6.61 Å². The van der Waals surface area contributed by atoms with Gasteiger partial charge < -0.3 is 4.74 Å². The number of ether oxygens (including phenoxy) is 1. The third-order valence-corrected chi connectivity index (χ3v) is 3.70. The van der Waals surface area contributed by atoms with Gasteiger partial charge in [-0.15, -0.1) is 0 Å². The van der Waals surface area contributed by atoms with E-state index in [0.29, 0.717) is 13.0 Å². The van der Waals surface area contributed by atoms with Crippen LogP contribution in [-0.2, 0) is 0 Å². The van der Waals surface area contributed by atoms with E-state index in [1.54, 1.807) is 0 Å². The quantitative estimate of drug-likeness (QED) is 0.757. The topological polar surface area (TPSA) is 26.3 Å². The highest BCUT2D eigenvalue weighted by Crippen LogP contribution is 2.18. The van der Waals surface area contributed by atoms with Crippen LogP contribution in [0.5, 0.6) is 5.75 Å². The van der Waals surface area contributed by atoms with Crippen LogP contribution in [0.4, 0.5) is 0 Å². The maximum Gasteiger partial charge on any atom is 0.166 e. The van der Waals surface area contributed by atoms with Crippen molar-refractivity contribution in [3.05, 3.63) is 64.7 Å². The van der Waals surface area contributed by atoms with Gasteiger partial charge in [0, 0.05) is 12.0 Å². The third kappa shape index (κ3) is 3.27. The van der Waals surface area contributed by atoms with Gasteiger partial charge in [0.15, 0.2) is 5.78 Å². The van der Waals surface area contributed by atoms with E-state index in [1.165, 1.54) is 11.1 Å². The van der Waals surface area contributed by atoms with Crippen molar-refractivity contribution in [3.8, 4) is 5.75 Å². The van der Waals surface area contributed by atoms with Crippen LogP contribution >= 0.6 is 0 Å². The average molecular weight is 268 g/mol. The molecule has 0 atom stereocenters. The van der Waals surface area contributed by atoms with E-state index in [9.17, 15) is 4.79 Å².